The number of nitrogens with zero attached hydrogens (tertiary/aromatic N) is 2. The predicted octanol–water partition coefficient (Wildman–Crippen LogP) is 5.42. The maximum Gasteiger partial charge on any atom is 0.317 e. The van der Waals surface area contributed by atoms with Gasteiger partial charge in [0, 0.05) is 32.7 Å². The zero-order chi connectivity index (χ0) is 18.9. The number of urea groups is 1. The topological polar surface area (TPSA) is 35.6 Å². The van der Waals surface area contributed by atoms with Crippen molar-refractivity contribution in [2.45, 2.75) is 96.8 Å². The third-order valence-corrected chi connectivity index (χ3v) is 5.60. The lowest BCUT2D eigenvalue weighted by Gasteiger charge is -2.32. The normalized spacial score (nSPS) is 15.4. The second kappa shape index (κ2) is 16.4. The van der Waals surface area contributed by atoms with E-state index in [-0.39, 0.29) is 6.03 Å². The molecule has 1 heterocycles. The number of unbranched alkanes of at least 4 members (excludes halogenated alkanes) is 13. The Morgan fingerprint density at radius 2 is 1.12 bits per heavy atom. The standard InChI is InChI=1S/C22H45N3O/c1-3-4-5-6-7-8-9-10-11-12-13-14-15-16-17-23-22(26)25-20-18-24(2)19-21-25/h3-21H2,1-2H3,(H,23,26). The first kappa shape index (κ1) is 23.3. The first-order valence-corrected chi connectivity index (χ1v) is 11.5. The van der Waals surface area contributed by atoms with E-state index in [9.17, 15) is 4.79 Å². The van der Waals surface area contributed by atoms with Gasteiger partial charge in [0.05, 0.1) is 0 Å². The Kier molecular flexibility index (Phi) is 14.7. The van der Waals surface area contributed by atoms with Crippen molar-refractivity contribution < 1.29 is 4.79 Å². The van der Waals surface area contributed by atoms with Gasteiger partial charge in [-0.25, -0.2) is 4.79 Å². The lowest BCUT2D eigenvalue weighted by atomic mass is 10.0. The summed E-state index contributed by atoms with van der Waals surface area (Å²) in [5, 5.41) is 3.08. The molecule has 1 fully saturated rings. The zero-order valence-electron chi connectivity index (χ0n) is 17.7. The minimum Gasteiger partial charge on any atom is -0.338 e. The first-order chi connectivity index (χ1) is 12.7. The van der Waals surface area contributed by atoms with E-state index in [1.165, 1.54) is 83.5 Å². The fourth-order valence-corrected chi connectivity index (χ4v) is 3.64. The van der Waals surface area contributed by atoms with E-state index in [0.29, 0.717) is 0 Å². The van der Waals surface area contributed by atoms with Gasteiger partial charge in [-0.15, -0.1) is 0 Å². The van der Waals surface area contributed by atoms with Gasteiger partial charge in [0.25, 0.3) is 0 Å². The molecule has 0 radical (unpaired) electrons. The van der Waals surface area contributed by atoms with Crippen LogP contribution in [0.15, 0.2) is 0 Å². The molecule has 0 bridgehead atoms. The van der Waals surface area contributed by atoms with Crippen LogP contribution in [0.2, 0.25) is 0 Å². The summed E-state index contributed by atoms with van der Waals surface area (Å²) >= 11 is 0. The molecule has 0 unspecified atom stereocenters. The lowest BCUT2D eigenvalue weighted by molar-refractivity contribution is 0.154. The van der Waals surface area contributed by atoms with Gasteiger partial charge in [-0.2, -0.15) is 0 Å². The molecule has 1 rings (SSSR count). The van der Waals surface area contributed by atoms with Gasteiger partial charge >= 0.3 is 6.03 Å². The van der Waals surface area contributed by atoms with Crippen molar-refractivity contribution in [3.63, 3.8) is 0 Å². The van der Waals surface area contributed by atoms with Gasteiger partial charge in [0.2, 0.25) is 0 Å². The van der Waals surface area contributed by atoms with Crippen molar-refractivity contribution in [3.8, 4) is 0 Å². The Morgan fingerprint density at radius 1 is 0.692 bits per heavy atom. The molecule has 0 aromatic heterocycles. The summed E-state index contributed by atoms with van der Waals surface area (Å²) in [4.78, 5) is 16.3. The number of hydrogen-bond donors (Lipinski definition) is 1. The molecule has 0 aliphatic carbocycles. The van der Waals surface area contributed by atoms with Gasteiger partial charge in [0.15, 0.2) is 0 Å². The molecule has 4 nitrogen and oxygen atoms in total. The van der Waals surface area contributed by atoms with E-state index >= 15 is 0 Å². The average molecular weight is 368 g/mol. The third-order valence-electron chi connectivity index (χ3n) is 5.60. The van der Waals surface area contributed by atoms with Crippen LogP contribution < -0.4 is 5.32 Å². The number of likely N-dealkylation sites (N-methyl/N-ethyl adjacent to an activating group) is 1. The largest absolute Gasteiger partial charge is 0.338 e. The van der Waals surface area contributed by atoms with Crippen molar-refractivity contribution in [2.75, 3.05) is 39.8 Å². The van der Waals surface area contributed by atoms with Gasteiger partial charge in [-0.05, 0) is 13.5 Å². The summed E-state index contributed by atoms with van der Waals surface area (Å²) in [6.07, 6.45) is 19.3. The number of amides is 2. The monoisotopic (exact) mass is 367 g/mol. The van der Waals surface area contributed by atoms with Crippen molar-refractivity contribution >= 4 is 6.03 Å². The van der Waals surface area contributed by atoms with Gasteiger partial charge in [-0.3, -0.25) is 0 Å². The van der Waals surface area contributed by atoms with Crippen LogP contribution in [0.5, 0.6) is 0 Å². The fourth-order valence-electron chi connectivity index (χ4n) is 3.64. The Hall–Kier alpha value is -0.770. The van der Waals surface area contributed by atoms with Crippen LogP contribution in [-0.2, 0) is 0 Å². The highest BCUT2D eigenvalue weighted by Crippen LogP contribution is 2.12. The van der Waals surface area contributed by atoms with Crippen LogP contribution in [0.25, 0.3) is 0 Å². The number of carbonyl (C=O) groups is 1. The number of piperazine rings is 1. The number of carbonyl (C=O) groups excluding carboxylic acids is 1. The first-order valence-electron chi connectivity index (χ1n) is 11.5. The Morgan fingerprint density at radius 3 is 1.58 bits per heavy atom. The predicted molar refractivity (Wildman–Crippen MR) is 113 cm³/mol. The second-order valence-electron chi connectivity index (χ2n) is 8.12. The summed E-state index contributed by atoms with van der Waals surface area (Å²) in [6, 6.07) is 0.132. The molecule has 1 aliphatic rings. The minimum atomic E-state index is 0.132. The highest BCUT2D eigenvalue weighted by molar-refractivity contribution is 5.74. The van der Waals surface area contributed by atoms with Crippen LogP contribution in [0, 0.1) is 0 Å². The van der Waals surface area contributed by atoms with E-state index in [1.54, 1.807) is 0 Å². The van der Waals surface area contributed by atoms with Gasteiger partial charge < -0.3 is 15.1 Å². The summed E-state index contributed by atoms with van der Waals surface area (Å²) < 4.78 is 0. The summed E-state index contributed by atoms with van der Waals surface area (Å²) in [7, 11) is 2.11. The minimum absolute atomic E-state index is 0.132. The molecule has 0 aromatic rings. The molecule has 2 amide bonds. The fraction of sp³-hybridized carbons (Fsp3) is 0.955. The number of nitrogens with one attached hydrogen (secondary N) is 1. The summed E-state index contributed by atoms with van der Waals surface area (Å²) in [5.41, 5.74) is 0. The third kappa shape index (κ3) is 12.6. The quantitative estimate of drug-likeness (QED) is 0.392. The van der Waals surface area contributed by atoms with Crippen molar-refractivity contribution in [1.29, 1.82) is 0 Å². The van der Waals surface area contributed by atoms with Crippen LogP contribution >= 0.6 is 0 Å². The maximum atomic E-state index is 12.0. The van der Waals surface area contributed by atoms with Crippen LogP contribution in [-0.4, -0.2) is 55.6 Å². The van der Waals surface area contributed by atoms with Crippen molar-refractivity contribution in [3.05, 3.63) is 0 Å². The molecule has 1 saturated heterocycles. The second-order valence-corrected chi connectivity index (χ2v) is 8.12. The highest BCUT2D eigenvalue weighted by Gasteiger charge is 2.17. The zero-order valence-corrected chi connectivity index (χ0v) is 17.7. The number of rotatable bonds is 15. The van der Waals surface area contributed by atoms with E-state index in [2.05, 4.69) is 24.2 Å². The smallest absolute Gasteiger partial charge is 0.317 e. The Balaban J connectivity index is 1.76. The van der Waals surface area contributed by atoms with Crippen LogP contribution in [0.3, 0.4) is 0 Å². The highest BCUT2D eigenvalue weighted by atomic mass is 16.2. The van der Waals surface area contributed by atoms with Gasteiger partial charge in [-0.1, -0.05) is 90.4 Å². The molecule has 0 saturated carbocycles. The Labute approximate surface area is 163 Å². The molecule has 1 aliphatic heterocycles. The molecule has 0 aromatic carbocycles. The molecule has 0 atom stereocenters. The van der Waals surface area contributed by atoms with Crippen molar-refractivity contribution in [1.82, 2.24) is 15.1 Å². The molecular weight excluding hydrogens is 322 g/mol. The lowest BCUT2D eigenvalue weighted by Crippen LogP contribution is -2.50. The van der Waals surface area contributed by atoms with E-state index in [0.717, 1.165) is 39.1 Å². The molecule has 0 spiro atoms. The van der Waals surface area contributed by atoms with E-state index in [4.69, 9.17) is 0 Å². The molecule has 154 valence electrons. The molecular formula is C22H45N3O. The van der Waals surface area contributed by atoms with E-state index in [1.807, 2.05) is 4.90 Å². The maximum absolute atomic E-state index is 12.0. The van der Waals surface area contributed by atoms with E-state index < -0.39 is 0 Å². The average Bonchev–Trinajstić information content (AvgIpc) is 2.65. The SMILES string of the molecule is CCCCCCCCCCCCCCCCNC(=O)N1CCN(C)CC1. The molecule has 4 heteroatoms. The van der Waals surface area contributed by atoms with Gasteiger partial charge in [0.1, 0.15) is 0 Å². The number of hydrogen-bond acceptors (Lipinski definition) is 2. The van der Waals surface area contributed by atoms with Crippen molar-refractivity contribution in [2.24, 2.45) is 0 Å². The molecule has 26 heavy (non-hydrogen) atoms. The molecule has 1 N–H and O–H groups in total. The van der Waals surface area contributed by atoms with Crippen LogP contribution in [0.1, 0.15) is 96.8 Å². The summed E-state index contributed by atoms with van der Waals surface area (Å²) in [6.45, 7) is 6.83. The summed E-state index contributed by atoms with van der Waals surface area (Å²) in [5.74, 6) is 0. The van der Waals surface area contributed by atoms with Crippen LogP contribution in [0.4, 0.5) is 4.79 Å². The Bertz CT molecular complexity index is 327.